The molecule has 0 aliphatic carbocycles. The molecule has 2 atom stereocenters. The highest BCUT2D eigenvalue weighted by molar-refractivity contribution is 9.10. The molecule has 2 aliphatic heterocycles. The predicted octanol–water partition coefficient (Wildman–Crippen LogP) is 5.99. The summed E-state index contributed by atoms with van der Waals surface area (Å²) in [6.45, 7) is 13.4. The lowest BCUT2D eigenvalue weighted by Crippen LogP contribution is -2.36. The number of hydrogen-bond donors (Lipinski definition) is 1. The number of piperidine rings is 2. The van der Waals surface area contributed by atoms with Crippen LogP contribution in [-0.4, -0.2) is 42.1 Å². The summed E-state index contributed by atoms with van der Waals surface area (Å²) in [5.74, 6) is 2.05. The maximum absolute atomic E-state index is 13.4. The van der Waals surface area contributed by atoms with E-state index in [2.05, 4.69) is 49.2 Å². The lowest BCUT2D eigenvalue weighted by molar-refractivity contribution is 0.102. The highest BCUT2D eigenvalue weighted by Gasteiger charge is 2.24. The first-order chi connectivity index (χ1) is 16.5. The molecule has 6 nitrogen and oxygen atoms in total. The van der Waals surface area contributed by atoms with Crippen molar-refractivity contribution in [2.75, 3.05) is 41.3 Å². The molecule has 2 aliphatic rings. The number of allylic oxidation sites excluding steroid dienone is 1. The van der Waals surface area contributed by atoms with E-state index < -0.39 is 0 Å². The molecule has 0 radical (unpaired) electrons. The molecule has 180 valence electrons. The number of hydrogen-bond acceptors (Lipinski definition) is 5. The minimum Gasteiger partial charge on any atom is -0.371 e. The van der Waals surface area contributed by atoms with E-state index in [1.54, 1.807) is 0 Å². The molecule has 4 rings (SSSR count). The van der Waals surface area contributed by atoms with E-state index in [1.165, 1.54) is 6.42 Å². The summed E-state index contributed by atoms with van der Waals surface area (Å²) >= 11 is 3.59. The predicted molar refractivity (Wildman–Crippen MR) is 144 cm³/mol. The van der Waals surface area contributed by atoms with Gasteiger partial charge in [-0.05, 0) is 69.1 Å². The van der Waals surface area contributed by atoms with E-state index in [-0.39, 0.29) is 5.91 Å². The van der Waals surface area contributed by atoms with Gasteiger partial charge in [-0.15, -0.1) is 13.2 Å². The van der Waals surface area contributed by atoms with Crippen molar-refractivity contribution in [2.24, 2.45) is 11.8 Å². The highest BCUT2D eigenvalue weighted by atomic mass is 79.9. The Labute approximate surface area is 211 Å². The molecule has 2 saturated heterocycles. The van der Waals surface area contributed by atoms with Crippen LogP contribution in [0.1, 0.15) is 48.2 Å². The molecule has 1 aromatic heterocycles. The average Bonchev–Trinajstić information content (AvgIpc) is 2.84. The van der Waals surface area contributed by atoms with E-state index in [9.17, 15) is 4.79 Å². The Bertz CT molecular complexity index is 1060. The number of nitrogens with one attached hydrogen (secondary N) is 1. The van der Waals surface area contributed by atoms with Crippen molar-refractivity contribution >= 4 is 39.3 Å². The van der Waals surface area contributed by atoms with Crippen LogP contribution in [0.4, 0.5) is 17.5 Å². The zero-order chi connectivity index (χ0) is 24.1. The van der Waals surface area contributed by atoms with E-state index in [0.29, 0.717) is 29.2 Å². The minimum atomic E-state index is -0.153. The fraction of sp³-hybridized carbons (Fsp3) is 0.444. The molecule has 0 spiro atoms. The zero-order valence-corrected chi connectivity index (χ0v) is 21.6. The van der Waals surface area contributed by atoms with Crippen LogP contribution in [0.2, 0.25) is 0 Å². The maximum Gasteiger partial charge on any atom is 0.258 e. The molecule has 1 aromatic carbocycles. The SMILES string of the molecule is C=CCC1CCCN(c2cc(Br)ccc2C(=O)Nc2cc(C)nc(N3CCCC(C=C)C3)n2)C1. The number of halogens is 1. The Balaban J connectivity index is 1.56. The van der Waals surface area contributed by atoms with Crippen molar-refractivity contribution in [1.82, 2.24) is 9.97 Å². The van der Waals surface area contributed by atoms with E-state index in [4.69, 9.17) is 4.98 Å². The summed E-state index contributed by atoms with van der Waals surface area (Å²) in [5.41, 5.74) is 2.45. The molecule has 34 heavy (non-hydrogen) atoms. The third-order valence-corrected chi connectivity index (χ3v) is 7.22. The van der Waals surface area contributed by atoms with Gasteiger partial charge in [0, 0.05) is 42.4 Å². The van der Waals surface area contributed by atoms with Crippen LogP contribution in [-0.2, 0) is 0 Å². The summed E-state index contributed by atoms with van der Waals surface area (Å²) in [6.07, 6.45) is 9.55. The van der Waals surface area contributed by atoms with Crippen LogP contribution < -0.4 is 15.1 Å². The summed E-state index contributed by atoms with van der Waals surface area (Å²) in [6, 6.07) is 7.68. The van der Waals surface area contributed by atoms with Gasteiger partial charge in [0.1, 0.15) is 5.82 Å². The third-order valence-electron chi connectivity index (χ3n) is 6.72. The normalized spacial score (nSPS) is 20.6. The monoisotopic (exact) mass is 523 g/mol. The van der Waals surface area contributed by atoms with Crippen LogP contribution >= 0.6 is 15.9 Å². The van der Waals surface area contributed by atoms with Crippen LogP contribution in [0.15, 0.2) is 54.0 Å². The third kappa shape index (κ3) is 5.87. The molecule has 7 heteroatoms. The Morgan fingerprint density at radius 2 is 1.94 bits per heavy atom. The first-order valence-electron chi connectivity index (χ1n) is 12.2. The number of aromatic nitrogens is 2. The molecule has 2 aromatic rings. The van der Waals surface area contributed by atoms with Gasteiger partial charge in [-0.1, -0.05) is 28.1 Å². The Morgan fingerprint density at radius 1 is 1.15 bits per heavy atom. The number of amides is 1. The first kappa shape index (κ1) is 24.5. The zero-order valence-electron chi connectivity index (χ0n) is 20.0. The number of anilines is 3. The first-order valence-corrected chi connectivity index (χ1v) is 13.0. The van der Waals surface area contributed by atoms with E-state index in [0.717, 1.165) is 67.7 Å². The van der Waals surface area contributed by atoms with Crippen molar-refractivity contribution in [3.8, 4) is 0 Å². The van der Waals surface area contributed by atoms with Crippen LogP contribution in [0.5, 0.6) is 0 Å². The van der Waals surface area contributed by atoms with Gasteiger partial charge in [0.15, 0.2) is 0 Å². The van der Waals surface area contributed by atoms with Crippen LogP contribution in [0.25, 0.3) is 0 Å². The van der Waals surface area contributed by atoms with Crippen molar-refractivity contribution in [3.05, 3.63) is 65.3 Å². The molecule has 3 heterocycles. The standard InChI is InChI=1S/C27H34BrN5O/c1-4-8-21-10-7-13-32(18-21)24-16-22(28)11-12-23(24)26(34)30-25-15-19(3)29-27(31-25)33-14-6-9-20(5-2)17-33/h4-5,11-12,15-16,20-21H,1-2,6-10,13-14,17-18H2,3H3,(H,29,30,31,34). The van der Waals surface area contributed by atoms with E-state index in [1.807, 2.05) is 43.3 Å². The number of nitrogens with zero attached hydrogens (tertiary/aromatic N) is 4. The van der Waals surface area contributed by atoms with Gasteiger partial charge in [0.05, 0.1) is 11.3 Å². The molecule has 2 unspecified atom stereocenters. The summed E-state index contributed by atoms with van der Waals surface area (Å²) < 4.78 is 0.965. The second kappa shape index (κ2) is 11.2. The molecular weight excluding hydrogens is 490 g/mol. The summed E-state index contributed by atoms with van der Waals surface area (Å²) in [5, 5.41) is 3.04. The second-order valence-corrected chi connectivity index (χ2v) is 10.3. The lowest BCUT2D eigenvalue weighted by atomic mass is 9.94. The number of aryl methyl sites for hydroxylation is 1. The van der Waals surface area contributed by atoms with Gasteiger partial charge in [0.25, 0.3) is 5.91 Å². The Hall–Kier alpha value is -2.67. The Kier molecular flexibility index (Phi) is 8.03. The fourth-order valence-electron chi connectivity index (χ4n) is 5.00. The minimum absolute atomic E-state index is 0.153. The number of carbonyl (C=O) groups excluding carboxylic acids is 1. The topological polar surface area (TPSA) is 61.4 Å². The molecular formula is C27H34BrN5O. The molecule has 0 bridgehead atoms. The summed E-state index contributed by atoms with van der Waals surface area (Å²) in [4.78, 5) is 27.3. The fourth-order valence-corrected chi connectivity index (χ4v) is 5.35. The quantitative estimate of drug-likeness (QED) is 0.451. The maximum atomic E-state index is 13.4. The van der Waals surface area contributed by atoms with E-state index >= 15 is 0 Å². The van der Waals surface area contributed by atoms with Crippen molar-refractivity contribution in [1.29, 1.82) is 0 Å². The second-order valence-electron chi connectivity index (χ2n) is 9.37. The molecule has 0 saturated carbocycles. The van der Waals surface area contributed by atoms with Gasteiger partial charge in [-0.2, -0.15) is 4.98 Å². The number of benzene rings is 1. The van der Waals surface area contributed by atoms with Gasteiger partial charge in [-0.3, -0.25) is 4.79 Å². The molecule has 1 N–H and O–H groups in total. The van der Waals surface area contributed by atoms with Crippen molar-refractivity contribution < 1.29 is 4.79 Å². The molecule has 2 fully saturated rings. The van der Waals surface area contributed by atoms with Crippen molar-refractivity contribution in [3.63, 3.8) is 0 Å². The number of carbonyl (C=O) groups is 1. The highest BCUT2D eigenvalue weighted by Crippen LogP contribution is 2.31. The lowest BCUT2D eigenvalue weighted by Gasteiger charge is -2.35. The van der Waals surface area contributed by atoms with Gasteiger partial charge in [0.2, 0.25) is 5.95 Å². The van der Waals surface area contributed by atoms with Crippen LogP contribution in [0.3, 0.4) is 0 Å². The van der Waals surface area contributed by atoms with Gasteiger partial charge < -0.3 is 15.1 Å². The number of rotatable bonds is 7. The van der Waals surface area contributed by atoms with Gasteiger partial charge >= 0.3 is 0 Å². The average molecular weight is 525 g/mol. The largest absolute Gasteiger partial charge is 0.371 e. The van der Waals surface area contributed by atoms with Crippen LogP contribution in [0, 0.1) is 18.8 Å². The van der Waals surface area contributed by atoms with Crippen molar-refractivity contribution in [2.45, 2.75) is 39.0 Å². The smallest absolute Gasteiger partial charge is 0.258 e. The van der Waals surface area contributed by atoms with Gasteiger partial charge in [-0.25, -0.2) is 4.98 Å². The summed E-state index contributed by atoms with van der Waals surface area (Å²) in [7, 11) is 0. The Morgan fingerprint density at radius 3 is 2.74 bits per heavy atom. The molecule has 1 amide bonds.